The first-order valence-corrected chi connectivity index (χ1v) is 6.85. The molecule has 0 aliphatic rings. The summed E-state index contributed by atoms with van der Waals surface area (Å²) in [4.78, 5) is 12.0. The molecule has 0 unspecified atom stereocenters. The second-order valence-electron chi connectivity index (χ2n) is 4.97. The van der Waals surface area contributed by atoms with E-state index in [-0.39, 0.29) is 17.5 Å². The van der Waals surface area contributed by atoms with Crippen molar-refractivity contribution in [3.05, 3.63) is 78.0 Å². The number of benzene rings is 2. The van der Waals surface area contributed by atoms with E-state index in [0.29, 0.717) is 5.69 Å². The molecule has 0 aliphatic carbocycles. The fraction of sp³-hybridized carbons (Fsp3) is 0.0556. The summed E-state index contributed by atoms with van der Waals surface area (Å²) in [6, 6.07) is 15.3. The van der Waals surface area contributed by atoms with Gasteiger partial charge in [-0.25, -0.2) is 4.39 Å². The molecule has 1 N–H and O–H groups in total. The number of nitrogens with one attached hydrogen (secondary N) is 1. The molecular weight excluding hydrogens is 281 g/mol. The molecule has 0 spiro atoms. The number of rotatable bonds is 3. The van der Waals surface area contributed by atoms with Crippen LogP contribution in [0, 0.1) is 12.7 Å². The standard InChI is InChI=1S/C18H14FNO2/c1-12-10-14(19)7-8-16(12)13-4-2-5-15(11-13)20-18(21)17-6-3-9-22-17/h2-11H,1H3,(H,20,21). The maximum Gasteiger partial charge on any atom is 0.291 e. The van der Waals surface area contributed by atoms with Crippen molar-refractivity contribution in [1.82, 2.24) is 0 Å². The normalized spacial score (nSPS) is 10.5. The average Bonchev–Trinajstić information content (AvgIpc) is 3.02. The number of hydrogen-bond acceptors (Lipinski definition) is 2. The molecule has 0 radical (unpaired) electrons. The molecule has 0 bridgehead atoms. The van der Waals surface area contributed by atoms with Gasteiger partial charge in [0.05, 0.1) is 6.26 Å². The Balaban J connectivity index is 1.88. The van der Waals surface area contributed by atoms with E-state index in [0.717, 1.165) is 16.7 Å². The molecular formula is C18H14FNO2. The first-order chi connectivity index (χ1) is 10.6. The Kier molecular flexibility index (Phi) is 3.74. The van der Waals surface area contributed by atoms with Gasteiger partial charge < -0.3 is 9.73 Å². The van der Waals surface area contributed by atoms with Crippen LogP contribution >= 0.6 is 0 Å². The van der Waals surface area contributed by atoms with E-state index >= 15 is 0 Å². The first kappa shape index (κ1) is 14.1. The van der Waals surface area contributed by atoms with Crippen molar-refractivity contribution in [2.45, 2.75) is 6.92 Å². The molecule has 110 valence electrons. The van der Waals surface area contributed by atoms with Crippen LogP contribution in [0.5, 0.6) is 0 Å². The molecule has 3 aromatic rings. The highest BCUT2D eigenvalue weighted by Crippen LogP contribution is 2.26. The van der Waals surface area contributed by atoms with Gasteiger partial charge in [0.2, 0.25) is 0 Å². The van der Waals surface area contributed by atoms with E-state index in [1.807, 2.05) is 25.1 Å². The van der Waals surface area contributed by atoms with Gasteiger partial charge in [0.25, 0.3) is 5.91 Å². The summed E-state index contributed by atoms with van der Waals surface area (Å²) < 4.78 is 18.3. The van der Waals surface area contributed by atoms with Crippen LogP contribution in [0.3, 0.4) is 0 Å². The van der Waals surface area contributed by atoms with Crippen molar-refractivity contribution < 1.29 is 13.6 Å². The van der Waals surface area contributed by atoms with Crippen molar-refractivity contribution >= 4 is 11.6 Å². The zero-order valence-corrected chi connectivity index (χ0v) is 12.0. The summed E-state index contributed by atoms with van der Waals surface area (Å²) in [5, 5.41) is 2.78. The van der Waals surface area contributed by atoms with E-state index in [2.05, 4.69) is 5.32 Å². The number of aryl methyl sites for hydroxylation is 1. The molecule has 0 atom stereocenters. The van der Waals surface area contributed by atoms with Crippen LogP contribution in [0.1, 0.15) is 16.1 Å². The largest absolute Gasteiger partial charge is 0.459 e. The molecule has 0 fully saturated rings. The van der Waals surface area contributed by atoms with Crippen LogP contribution in [0.25, 0.3) is 11.1 Å². The summed E-state index contributed by atoms with van der Waals surface area (Å²) in [6.07, 6.45) is 1.45. The van der Waals surface area contributed by atoms with Gasteiger partial charge in [-0.1, -0.05) is 18.2 Å². The van der Waals surface area contributed by atoms with Gasteiger partial charge in [0, 0.05) is 5.69 Å². The van der Waals surface area contributed by atoms with E-state index < -0.39 is 0 Å². The summed E-state index contributed by atoms with van der Waals surface area (Å²) in [5.74, 6) is -0.315. The Morgan fingerprint density at radius 2 is 1.95 bits per heavy atom. The smallest absolute Gasteiger partial charge is 0.291 e. The highest BCUT2D eigenvalue weighted by molar-refractivity contribution is 6.02. The lowest BCUT2D eigenvalue weighted by atomic mass is 10.00. The van der Waals surface area contributed by atoms with Crippen LogP contribution in [-0.2, 0) is 0 Å². The van der Waals surface area contributed by atoms with Crippen LogP contribution in [-0.4, -0.2) is 5.91 Å². The molecule has 22 heavy (non-hydrogen) atoms. The molecule has 0 aliphatic heterocycles. The summed E-state index contributed by atoms with van der Waals surface area (Å²) in [5.41, 5.74) is 3.34. The fourth-order valence-electron chi connectivity index (χ4n) is 2.32. The minimum absolute atomic E-state index is 0.253. The van der Waals surface area contributed by atoms with Gasteiger partial charge in [-0.15, -0.1) is 0 Å². The number of anilines is 1. The lowest BCUT2D eigenvalue weighted by Crippen LogP contribution is -2.10. The Morgan fingerprint density at radius 3 is 2.68 bits per heavy atom. The van der Waals surface area contributed by atoms with Gasteiger partial charge >= 0.3 is 0 Å². The molecule has 0 saturated heterocycles. The molecule has 0 saturated carbocycles. The molecule has 2 aromatic carbocycles. The van der Waals surface area contributed by atoms with Gasteiger partial charge in [-0.3, -0.25) is 4.79 Å². The maximum atomic E-state index is 13.2. The van der Waals surface area contributed by atoms with E-state index in [4.69, 9.17) is 4.42 Å². The predicted molar refractivity (Wildman–Crippen MR) is 83.2 cm³/mol. The average molecular weight is 295 g/mol. The van der Waals surface area contributed by atoms with Gasteiger partial charge in [-0.05, 0) is 60.0 Å². The molecule has 3 rings (SSSR count). The van der Waals surface area contributed by atoms with Gasteiger partial charge in [-0.2, -0.15) is 0 Å². The molecule has 1 amide bonds. The maximum absolute atomic E-state index is 13.2. The Bertz CT molecular complexity index is 810. The number of hydrogen-bond donors (Lipinski definition) is 1. The Labute approximate surface area is 127 Å². The van der Waals surface area contributed by atoms with Crippen LogP contribution in [0.4, 0.5) is 10.1 Å². The number of furan rings is 1. The zero-order chi connectivity index (χ0) is 15.5. The summed E-state index contributed by atoms with van der Waals surface area (Å²) in [6.45, 7) is 1.85. The van der Waals surface area contributed by atoms with E-state index in [1.165, 1.54) is 18.4 Å². The van der Waals surface area contributed by atoms with Gasteiger partial charge in [0.1, 0.15) is 5.82 Å². The molecule has 3 nitrogen and oxygen atoms in total. The molecule has 1 heterocycles. The minimum Gasteiger partial charge on any atom is -0.459 e. The molecule has 4 heteroatoms. The van der Waals surface area contributed by atoms with Crippen LogP contribution < -0.4 is 5.32 Å². The third-order valence-corrected chi connectivity index (χ3v) is 3.36. The number of carbonyl (C=O) groups excluding carboxylic acids is 1. The van der Waals surface area contributed by atoms with Crippen molar-refractivity contribution in [1.29, 1.82) is 0 Å². The van der Waals surface area contributed by atoms with Crippen molar-refractivity contribution in [2.24, 2.45) is 0 Å². The predicted octanol–water partition coefficient (Wildman–Crippen LogP) is 4.65. The molecule has 1 aromatic heterocycles. The SMILES string of the molecule is Cc1cc(F)ccc1-c1cccc(NC(=O)c2ccco2)c1. The van der Waals surface area contributed by atoms with Crippen LogP contribution in [0.15, 0.2) is 65.3 Å². The number of amides is 1. The number of halogens is 1. The minimum atomic E-state index is -0.307. The monoisotopic (exact) mass is 295 g/mol. The fourth-order valence-corrected chi connectivity index (χ4v) is 2.32. The Morgan fingerprint density at radius 1 is 1.09 bits per heavy atom. The quantitative estimate of drug-likeness (QED) is 0.764. The van der Waals surface area contributed by atoms with E-state index in [9.17, 15) is 9.18 Å². The Hall–Kier alpha value is -2.88. The highest BCUT2D eigenvalue weighted by Gasteiger charge is 2.10. The lowest BCUT2D eigenvalue weighted by molar-refractivity contribution is 0.0996. The second-order valence-corrected chi connectivity index (χ2v) is 4.97. The van der Waals surface area contributed by atoms with E-state index in [1.54, 1.807) is 24.3 Å². The zero-order valence-electron chi connectivity index (χ0n) is 12.0. The first-order valence-electron chi connectivity index (χ1n) is 6.85. The second kappa shape index (κ2) is 5.85. The third-order valence-electron chi connectivity index (χ3n) is 3.36. The number of carbonyl (C=O) groups is 1. The summed E-state index contributed by atoms with van der Waals surface area (Å²) >= 11 is 0. The highest BCUT2D eigenvalue weighted by atomic mass is 19.1. The lowest BCUT2D eigenvalue weighted by Gasteiger charge is -2.09. The van der Waals surface area contributed by atoms with Crippen molar-refractivity contribution in [2.75, 3.05) is 5.32 Å². The van der Waals surface area contributed by atoms with Crippen molar-refractivity contribution in [3.8, 4) is 11.1 Å². The third kappa shape index (κ3) is 2.91. The summed E-state index contributed by atoms with van der Waals surface area (Å²) in [7, 11) is 0. The van der Waals surface area contributed by atoms with Crippen LogP contribution in [0.2, 0.25) is 0 Å². The van der Waals surface area contributed by atoms with Crippen molar-refractivity contribution in [3.63, 3.8) is 0 Å². The topological polar surface area (TPSA) is 42.2 Å². The van der Waals surface area contributed by atoms with Gasteiger partial charge in [0.15, 0.2) is 5.76 Å².